The van der Waals surface area contributed by atoms with Crippen LogP contribution < -0.4 is 29.6 Å². The van der Waals surface area contributed by atoms with E-state index < -0.39 is 34.7 Å². The van der Waals surface area contributed by atoms with Crippen molar-refractivity contribution in [2.24, 2.45) is 0 Å². The maximum atomic E-state index is 13.3. The van der Waals surface area contributed by atoms with Crippen LogP contribution in [0.5, 0.6) is 17.2 Å². The summed E-state index contributed by atoms with van der Waals surface area (Å²) in [5, 5.41) is 3.09. The molecule has 194 valence electrons. The number of ether oxygens (including phenoxy) is 2. The van der Waals surface area contributed by atoms with Crippen LogP contribution in [0.4, 0.5) is 13.2 Å². The van der Waals surface area contributed by atoms with Crippen molar-refractivity contribution in [1.29, 1.82) is 0 Å². The first-order valence-electron chi connectivity index (χ1n) is 11.6. The van der Waals surface area contributed by atoms with Gasteiger partial charge >= 0.3 is 15.6 Å². The van der Waals surface area contributed by atoms with Crippen molar-refractivity contribution < 1.29 is 35.2 Å². The van der Waals surface area contributed by atoms with Crippen molar-refractivity contribution in [2.75, 3.05) is 13.2 Å². The van der Waals surface area contributed by atoms with Crippen LogP contribution in [0, 0.1) is 0 Å². The molecule has 0 saturated heterocycles. The first-order chi connectivity index (χ1) is 18.2. The van der Waals surface area contributed by atoms with Gasteiger partial charge in [0.2, 0.25) is 0 Å². The summed E-state index contributed by atoms with van der Waals surface area (Å²) < 4.78 is 80.5. The molecular weight excluding hydrogens is 536 g/mol. The summed E-state index contributed by atoms with van der Waals surface area (Å²) in [5.74, 6) is 0.411. The van der Waals surface area contributed by atoms with Crippen LogP contribution in [0.3, 0.4) is 0 Å². The maximum Gasteiger partial charge on any atom is 0.534 e. The number of rotatable bonds is 5. The van der Waals surface area contributed by atoms with E-state index in [4.69, 9.17) is 13.7 Å². The fourth-order valence-electron chi connectivity index (χ4n) is 5.08. The van der Waals surface area contributed by atoms with Crippen molar-refractivity contribution >= 4 is 34.0 Å². The molecule has 0 aromatic heterocycles. The Morgan fingerprint density at radius 2 is 1.24 bits per heavy atom. The Kier molecular flexibility index (Phi) is 5.89. The molecular formula is C28H20F3O5PS. The summed E-state index contributed by atoms with van der Waals surface area (Å²) in [6, 6.07) is 29.8. The summed E-state index contributed by atoms with van der Waals surface area (Å²) in [6.07, 6.45) is 0. The van der Waals surface area contributed by atoms with Gasteiger partial charge in [0.05, 0.1) is 11.0 Å². The monoisotopic (exact) mass is 556 g/mol. The molecule has 0 amide bonds. The SMILES string of the molecule is O=S(=O)(Oc1cccc2c1[C@@]1(CO2)COc2cccc(P(c3ccccc3)c3ccccc3)c21)C(F)(F)F. The molecule has 0 bridgehead atoms. The van der Waals surface area contributed by atoms with Gasteiger partial charge in [-0.25, -0.2) is 0 Å². The first kappa shape index (κ1) is 24.8. The van der Waals surface area contributed by atoms with Crippen LogP contribution in [0.1, 0.15) is 11.1 Å². The lowest BCUT2D eigenvalue weighted by Crippen LogP contribution is -2.37. The molecule has 5 nitrogen and oxygen atoms in total. The number of fused-ring (bicyclic) bond motifs is 4. The van der Waals surface area contributed by atoms with Gasteiger partial charge in [-0.3, -0.25) is 0 Å². The first-order valence-corrected chi connectivity index (χ1v) is 14.4. The predicted molar refractivity (Wildman–Crippen MR) is 139 cm³/mol. The average Bonchev–Trinajstić information content (AvgIpc) is 3.47. The van der Waals surface area contributed by atoms with Gasteiger partial charge in [-0.2, -0.15) is 21.6 Å². The van der Waals surface area contributed by atoms with Crippen molar-refractivity contribution in [3.8, 4) is 17.2 Å². The lowest BCUT2D eigenvalue weighted by atomic mass is 9.77. The second-order valence-electron chi connectivity index (χ2n) is 8.93. The Morgan fingerprint density at radius 3 is 1.79 bits per heavy atom. The molecule has 10 heteroatoms. The number of alkyl halides is 3. The van der Waals surface area contributed by atoms with E-state index in [0.29, 0.717) is 5.75 Å². The largest absolute Gasteiger partial charge is 0.534 e. The van der Waals surface area contributed by atoms with Gasteiger partial charge in [0, 0.05) is 5.56 Å². The maximum absolute atomic E-state index is 13.3. The summed E-state index contributed by atoms with van der Waals surface area (Å²) in [5.41, 5.74) is -5.65. The molecule has 38 heavy (non-hydrogen) atoms. The molecule has 0 N–H and O–H groups in total. The van der Waals surface area contributed by atoms with Crippen LogP contribution in [0.2, 0.25) is 0 Å². The molecule has 2 heterocycles. The highest BCUT2D eigenvalue weighted by Crippen LogP contribution is 2.55. The number of hydrogen-bond donors (Lipinski definition) is 0. The zero-order valence-corrected chi connectivity index (χ0v) is 21.4. The molecule has 2 aliphatic heterocycles. The molecule has 0 aliphatic carbocycles. The lowest BCUT2D eigenvalue weighted by Gasteiger charge is -2.28. The second kappa shape index (κ2) is 9.03. The molecule has 6 rings (SSSR count). The van der Waals surface area contributed by atoms with Crippen molar-refractivity contribution in [2.45, 2.75) is 10.9 Å². The summed E-state index contributed by atoms with van der Waals surface area (Å²) in [7, 11) is -7.01. The molecule has 0 radical (unpaired) electrons. The quantitative estimate of drug-likeness (QED) is 0.202. The summed E-state index contributed by atoms with van der Waals surface area (Å²) in [4.78, 5) is 0. The zero-order valence-electron chi connectivity index (χ0n) is 19.7. The third-order valence-electron chi connectivity index (χ3n) is 6.65. The van der Waals surface area contributed by atoms with Crippen LogP contribution in [0.25, 0.3) is 0 Å². The fraction of sp³-hybridized carbons (Fsp3) is 0.143. The Hall–Kier alpha value is -3.55. The Bertz CT molecular complexity index is 1570. The van der Waals surface area contributed by atoms with Crippen molar-refractivity contribution in [1.82, 2.24) is 0 Å². The van der Waals surface area contributed by atoms with Gasteiger partial charge < -0.3 is 13.7 Å². The van der Waals surface area contributed by atoms with Gasteiger partial charge in [-0.15, -0.1) is 0 Å². The molecule has 4 aromatic rings. The predicted octanol–water partition coefficient (Wildman–Crippen LogP) is 4.74. The molecule has 0 unspecified atom stereocenters. The molecule has 1 spiro atoms. The van der Waals surface area contributed by atoms with E-state index in [9.17, 15) is 21.6 Å². The minimum Gasteiger partial charge on any atom is -0.492 e. The molecule has 4 aromatic carbocycles. The van der Waals surface area contributed by atoms with Crippen LogP contribution in [-0.4, -0.2) is 27.1 Å². The van der Waals surface area contributed by atoms with Gasteiger partial charge in [-0.05, 0) is 42.0 Å². The lowest BCUT2D eigenvalue weighted by molar-refractivity contribution is -0.0500. The van der Waals surface area contributed by atoms with Gasteiger partial charge in [0.1, 0.15) is 24.7 Å². The minimum atomic E-state index is -5.90. The fourth-order valence-corrected chi connectivity index (χ4v) is 8.13. The van der Waals surface area contributed by atoms with Crippen LogP contribution in [0.15, 0.2) is 97.1 Å². The van der Waals surface area contributed by atoms with Crippen LogP contribution in [-0.2, 0) is 15.5 Å². The molecule has 0 saturated carbocycles. The van der Waals surface area contributed by atoms with Crippen molar-refractivity contribution in [3.05, 3.63) is 108 Å². The van der Waals surface area contributed by atoms with E-state index in [1.54, 1.807) is 6.07 Å². The highest BCUT2D eigenvalue weighted by molar-refractivity contribution is 7.88. The minimum absolute atomic E-state index is 0.0610. The highest BCUT2D eigenvalue weighted by atomic mass is 32.2. The van der Waals surface area contributed by atoms with E-state index in [1.165, 1.54) is 12.1 Å². The normalized spacial score (nSPS) is 18.1. The molecule has 0 fully saturated rings. The molecule has 2 aliphatic rings. The third kappa shape index (κ3) is 3.92. The highest BCUT2D eigenvalue weighted by Gasteiger charge is 2.54. The molecule has 1 atom stereocenters. The number of benzene rings is 4. The number of halogens is 3. The Morgan fingerprint density at radius 1 is 0.711 bits per heavy atom. The van der Waals surface area contributed by atoms with Gasteiger partial charge in [0.25, 0.3) is 0 Å². The van der Waals surface area contributed by atoms with E-state index >= 15 is 0 Å². The van der Waals surface area contributed by atoms with Gasteiger partial charge in [0.15, 0.2) is 5.75 Å². The van der Waals surface area contributed by atoms with Crippen molar-refractivity contribution in [3.63, 3.8) is 0 Å². The second-order valence-corrected chi connectivity index (χ2v) is 12.7. The average molecular weight is 556 g/mol. The van der Waals surface area contributed by atoms with E-state index in [2.05, 4.69) is 0 Å². The van der Waals surface area contributed by atoms with E-state index in [0.717, 1.165) is 21.5 Å². The van der Waals surface area contributed by atoms with E-state index in [-0.39, 0.29) is 24.5 Å². The third-order valence-corrected chi connectivity index (χ3v) is 10.1. The topological polar surface area (TPSA) is 61.8 Å². The van der Waals surface area contributed by atoms with E-state index in [1.807, 2.05) is 78.9 Å². The zero-order chi connectivity index (χ0) is 26.5. The smallest absolute Gasteiger partial charge is 0.492 e. The Balaban J connectivity index is 1.57. The standard InChI is InChI=1S/C28H20F3O5PS/c29-28(30,31)38(32,33)36-23-15-7-13-21-25(23)27(17-34-21)18-35-22-14-8-16-24(26(22)27)37(19-9-3-1-4-10-19)20-11-5-2-6-12-20/h1-16H,17-18H2/t27-/m1/s1. The summed E-state index contributed by atoms with van der Waals surface area (Å²) >= 11 is 0. The number of hydrogen-bond acceptors (Lipinski definition) is 5. The van der Waals surface area contributed by atoms with Gasteiger partial charge in [-0.1, -0.05) is 78.9 Å². The Labute approximate surface area is 218 Å². The van der Waals surface area contributed by atoms with Crippen LogP contribution >= 0.6 is 7.92 Å². The summed E-state index contributed by atoms with van der Waals surface area (Å²) in [6.45, 7) is 0.122.